The number of esters is 1. The lowest BCUT2D eigenvalue weighted by molar-refractivity contribution is -0.140. The van der Waals surface area contributed by atoms with Gasteiger partial charge in [-0.05, 0) is 31.9 Å². The minimum absolute atomic E-state index is 0.153. The summed E-state index contributed by atoms with van der Waals surface area (Å²) in [5.41, 5.74) is 4.15. The van der Waals surface area contributed by atoms with Gasteiger partial charge >= 0.3 is 5.97 Å². The third-order valence-corrected chi connectivity index (χ3v) is 4.88. The van der Waals surface area contributed by atoms with Crippen LogP contribution in [0.5, 0.6) is 0 Å². The second-order valence-corrected chi connectivity index (χ2v) is 7.18. The number of amides is 1. The Kier molecular flexibility index (Phi) is 7.38. The van der Waals surface area contributed by atoms with E-state index in [1.54, 1.807) is 10.9 Å². The van der Waals surface area contributed by atoms with Gasteiger partial charge in [0.05, 0.1) is 18.4 Å². The van der Waals surface area contributed by atoms with Crippen molar-refractivity contribution in [2.24, 2.45) is 0 Å². The fourth-order valence-electron chi connectivity index (χ4n) is 3.15. The highest BCUT2D eigenvalue weighted by Gasteiger charge is 2.18. The summed E-state index contributed by atoms with van der Waals surface area (Å²) >= 11 is 0. The summed E-state index contributed by atoms with van der Waals surface area (Å²) in [6.07, 6.45) is 4.59. The molecular weight excluding hydrogens is 378 g/mol. The summed E-state index contributed by atoms with van der Waals surface area (Å²) in [5.74, 6) is -0.352. The highest BCUT2D eigenvalue weighted by molar-refractivity contribution is 5.99. The Morgan fingerprint density at radius 3 is 2.43 bits per heavy atom. The van der Waals surface area contributed by atoms with Crippen molar-refractivity contribution >= 4 is 11.9 Å². The number of benzene rings is 2. The van der Waals surface area contributed by atoms with Crippen LogP contribution in [0.2, 0.25) is 0 Å². The number of carbonyl (C=O) groups excluding carboxylic acids is 2. The fourth-order valence-corrected chi connectivity index (χ4v) is 3.15. The molecule has 3 aromatic rings. The molecule has 6 nitrogen and oxygen atoms in total. The molecule has 2 aromatic carbocycles. The first-order valence-electron chi connectivity index (χ1n) is 10.2. The van der Waals surface area contributed by atoms with Gasteiger partial charge < -0.3 is 10.1 Å². The van der Waals surface area contributed by atoms with E-state index in [1.807, 2.05) is 61.5 Å². The first-order chi connectivity index (χ1) is 14.6. The molecule has 0 unspecified atom stereocenters. The van der Waals surface area contributed by atoms with E-state index in [0.717, 1.165) is 30.5 Å². The van der Waals surface area contributed by atoms with E-state index in [2.05, 4.69) is 10.1 Å². The maximum atomic E-state index is 12.9. The standard InChI is InChI=1S/C24H27N3O3/c1-18-12-14-20(15-13-18)27-17-21(23(26-27)19-9-5-3-6-10-19)24(29)25-16-8-4-7-11-22(28)30-2/h3,5-6,9-10,12-15,17H,4,7-8,11,16H2,1-2H3,(H,25,29). The molecule has 0 atom stereocenters. The lowest BCUT2D eigenvalue weighted by Crippen LogP contribution is -2.24. The van der Waals surface area contributed by atoms with Crippen molar-refractivity contribution < 1.29 is 14.3 Å². The molecule has 0 aliphatic rings. The Morgan fingerprint density at radius 2 is 1.73 bits per heavy atom. The van der Waals surface area contributed by atoms with E-state index in [0.29, 0.717) is 24.2 Å². The minimum atomic E-state index is -0.199. The van der Waals surface area contributed by atoms with E-state index < -0.39 is 0 Å². The molecule has 1 heterocycles. The number of hydrogen-bond acceptors (Lipinski definition) is 4. The number of unbranched alkanes of at least 4 members (excludes halogenated alkanes) is 2. The van der Waals surface area contributed by atoms with Gasteiger partial charge in [-0.2, -0.15) is 5.10 Å². The summed E-state index contributed by atoms with van der Waals surface area (Å²) in [5, 5.41) is 7.67. The highest BCUT2D eigenvalue weighted by atomic mass is 16.5. The molecule has 0 aliphatic carbocycles. The number of methoxy groups -OCH3 is 1. The maximum Gasteiger partial charge on any atom is 0.305 e. The molecule has 1 amide bonds. The number of aryl methyl sites for hydroxylation is 1. The van der Waals surface area contributed by atoms with Crippen LogP contribution in [0.4, 0.5) is 0 Å². The normalized spacial score (nSPS) is 10.6. The second kappa shape index (κ2) is 10.4. The monoisotopic (exact) mass is 405 g/mol. The molecule has 0 bridgehead atoms. The van der Waals surface area contributed by atoms with E-state index in [-0.39, 0.29) is 11.9 Å². The Bertz CT molecular complexity index is 979. The van der Waals surface area contributed by atoms with Crippen molar-refractivity contribution in [1.82, 2.24) is 15.1 Å². The number of carbonyl (C=O) groups is 2. The Labute approximate surface area is 176 Å². The van der Waals surface area contributed by atoms with Crippen molar-refractivity contribution in [2.75, 3.05) is 13.7 Å². The van der Waals surface area contributed by atoms with Crippen molar-refractivity contribution in [1.29, 1.82) is 0 Å². The molecule has 0 radical (unpaired) electrons. The van der Waals surface area contributed by atoms with Crippen LogP contribution < -0.4 is 5.32 Å². The van der Waals surface area contributed by atoms with Crippen LogP contribution in [0.1, 0.15) is 41.6 Å². The molecule has 0 aliphatic heterocycles. The summed E-state index contributed by atoms with van der Waals surface area (Å²) in [7, 11) is 1.39. The number of aromatic nitrogens is 2. The average Bonchev–Trinajstić information content (AvgIpc) is 3.22. The van der Waals surface area contributed by atoms with Gasteiger partial charge in [0.2, 0.25) is 0 Å². The van der Waals surface area contributed by atoms with Crippen LogP contribution >= 0.6 is 0 Å². The number of nitrogens with one attached hydrogen (secondary N) is 1. The SMILES string of the molecule is COC(=O)CCCCCNC(=O)c1cn(-c2ccc(C)cc2)nc1-c1ccccc1. The van der Waals surface area contributed by atoms with Gasteiger partial charge in [-0.25, -0.2) is 4.68 Å². The molecular formula is C24H27N3O3. The van der Waals surface area contributed by atoms with Gasteiger partial charge in [0.1, 0.15) is 5.69 Å². The Hall–Kier alpha value is -3.41. The van der Waals surface area contributed by atoms with Crippen LogP contribution in [0.25, 0.3) is 16.9 Å². The van der Waals surface area contributed by atoms with Gasteiger partial charge in [0.15, 0.2) is 0 Å². The predicted octanol–water partition coefficient (Wildman–Crippen LogP) is 4.31. The Balaban J connectivity index is 1.71. The zero-order valence-electron chi connectivity index (χ0n) is 17.4. The van der Waals surface area contributed by atoms with E-state index in [1.165, 1.54) is 12.7 Å². The molecule has 6 heteroatoms. The third kappa shape index (κ3) is 5.56. The molecule has 1 aromatic heterocycles. The zero-order valence-corrected chi connectivity index (χ0v) is 17.4. The Morgan fingerprint density at radius 1 is 1.00 bits per heavy atom. The van der Waals surface area contributed by atoms with Crippen LogP contribution in [0.3, 0.4) is 0 Å². The van der Waals surface area contributed by atoms with Gasteiger partial charge in [-0.1, -0.05) is 54.4 Å². The number of hydrogen-bond donors (Lipinski definition) is 1. The van der Waals surface area contributed by atoms with Gasteiger partial charge in [0, 0.05) is 24.7 Å². The smallest absolute Gasteiger partial charge is 0.305 e. The summed E-state index contributed by atoms with van der Waals surface area (Å²) in [6.45, 7) is 2.58. The predicted molar refractivity (Wildman–Crippen MR) is 117 cm³/mol. The van der Waals surface area contributed by atoms with Crippen LogP contribution in [-0.2, 0) is 9.53 Å². The lowest BCUT2D eigenvalue weighted by atomic mass is 10.1. The number of rotatable bonds is 9. The van der Waals surface area contributed by atoms with Crippen LogP contribution in [0, 0.1) is 6.92 Å². The van der Waals surface area contributed by atoms with Gasteiger partial charge in [-0.15, -0.1) is 0 Å². The topological polar surface area (TPSA) is 73.2 Å². The van der Waals surface area contributed by atoms with E-state index in [9.17, 15) is 9.59 Å². The second-order valence-electron chi connectivity index (χ2n) is 7.18. The number of ether oxygens (including phenoxy) is 1. The van der Waals surface area contributed by atoms with Crippen molar-refractivity contribution in [2.45, 2.75) is 32.6 Å². The highest BCUT2D eigenvalue weighted by Crippen LogP contribution is 2.23. The largest absolute Gasteiger partial charge is 0.469 e. The minimum Gasteiger partial charge on any atom is -0.469 e. The molecule has 156 valence electrons. The molecule has 1 N–H and O–H groups in total. The van der Waals surface area contributed by atoms with Crippen molar-refractivity contribution in [3.63, 3.8) is 0 Å². The van der Waals surface area contributed by atoms with Crippen molar-refractivity contribution in [3.8, 4) is 16.9 Å². The molecule has 0 spiro atoms. The quantitative estimate of drug-likeness (QED) is 0.425. The third-order valence-electron chi connectivity index (χ3n) is 4.88. The first-order valence-corrected chi connectivity index (χ1v) is 10.2. The average molecular weight is 405 g/mol. The molecule has 0 saturated carbocycles. The van der Waals surface area contributed by atoms with Gasteiger partial charge in [-0.3, -0.25) is 9.59 Å². The van der Waals surface area contributed by atoms with Crippen LogP contribution in [-0.4, -0.2) is 35.3 Å². The summed E-state index contributed by atoms with van der Waals surface area (Å²) in [6, 6.07) is 17.7. The number of nitrogens with zero attached hydrogens (tertiary/aromatic N) is 2. The van der Waals surface area contributed by atoms with E-state index >= 15 is 0 Å². The molecule has 0 saturated heterocycles. The molecule has 3 rings (SSSR count). The van der Waals surface area contributed by atoms with E-state index in [4.69, 9.17) is 5.10 Å². The summed E-state index contributed by atoms with van der Waals surface area (Å²) in [4.78, 5) is 24.0. The summed E-state index contributed by atoms with van der Waals surface area (Å²) < 4.78 is 6.38. The maximum absolute atomic E-state index is 12.9. The zero-order chi connectivity index (χ0) is 21.3. The van der Waals surface area contributed by atoms with Crippen molar-refractivity contribution in [3.05, 3.63) is 71.9 Å². The molecule has 30 heavy (non-hydrogen) atoms. The fraction of sp³-hybridized carbons (Fsp3) is 0.292. The van der Waals surface area contributed by atoms with Gasteiger partial charge in [0.25, 0.3) is 5.91 Å². The molecule has 0 fully saturated rings. The first kappa shape index (κ1) is 21.3. The van der Waals surface area contributed by atoms with Crippen LogP contribution in [0.15, 0.2) is 60.8 Å². The lowest BCUT2D eigenvalue weighted by Gasteiger charge is -2.05.